The van der Waals surface area contributed by atoms with Crippen LogP contribution in [0.1, 0.15) is 49.7 Å². The number of alkyl carbamates (subject to hydrolysis) is 1. The Morgan fingerprint density at radius 3 is 2.29 bits per heavy atom. The zero-order chi connectivity index (χ0) is 25.0. The summed E-state index contributed by atoms with van der Waals surface area (Å²) in [6.45, 7) is 2.10. The van der Waals surface area contributed by atoms with Crippen molar-refractivity contribution in [2.24, 2.45) is 0 Å². The molecule has 35 heavy (non-hydrogen) atoms. The number of aliphatic carboxylic acids is 1. The average Bonchev–Trinajstić information content (AvgIpc) is 3.16. The number of benzene rings is 2. The van der Waals surface area contributed by atoms with Gasteiger partial charge in [-0.1, -0.05) is 48.5 Å². The summed E-state index contributed by atoms with van der Waals surface area (Å²) in [5, 5.41) is 12.0. The molecule has 1 aliphatic heterocycles. The fourth-order valence-electron chi connectivity index (χ4n) is 5.30. The van der Waals surface area contributed by atoms with E-state index in [-0.39, 0.29) is 31.5 Å². The van der Waals surface area contributed by atoms with Gasteiger partial charge in [0.2, 0.25) is 0 Å². The minimum Gasteiger partial charge on any atom is -0.481 e. The lowest BCUT2D eigenvalue weighted by atomic mass is 9.94. The Hall–Kier alpha value is -3.39. The number of ether oxygens (including phenoxy) is 2. The first kappa shape index (κ1) is 24.7. The Morgan fingerprint density at radius 1 is 1.06 bits per heavy atom. The zero-order valence-corrected chi connectivity index (χ0v) is 20.2. The van der Waals surface area contributed by atoms with Gasteiger partial charge in [0, 0.05) is 25.6 Å². The molecule has 2 aromatic rings. The van der Waals surface area contributed by atoms with Crippen LogP contribution >= 0.6 is 0 Å². The lowest BCUT2D eigenvalue weighted by Gasteiger charge is -2.40. The largest absolute Gasteiger partial charge is 0.481 e. The fraction of sp³-hybridized carbons (Fsp3) is 0.444. The third-order valence-corrected chi connectivity index (χ3v) is 6.92. The van der Waals surface area contributed by atoms with Crippen LogP contribution in [0, 0.1) is 0 Å². The first-order valence-electron chi connectivity index (χ1n) is 12.0. The van der Waals surface area contributed by atoms with Crippen molar-refractivity contribution < 1.29 is 29.0 Å². The van der Waals surface area contributed by atoms with Crippen LogP contribution in [0.3, 0.4) is 0 Å². The number of carbonyl (C=O) groups is 3. The number of fused-ring (bicyclic) bond motifs is 3. The van der Waals surface area contributed by atoms with Gasteiger partial charge >= 0.3 is 12.1 Å². The number of hydrogen-bond donors (Lipinski definition) is 2. The number of methoxy groups -OCH3 is 1. The number of carbonyl (C=O) groups excluding carboxylic acids is 2. The molecule has 2 N–H and O–H groups in total. The molecule has 1 fully saturated rings. The normalized spacial score (nSPS) is 18.8. The van der Waals surface area contributed by atoms with Crippen molar-refractivity contribution in [1.29, 1.82) is 0 Å². The van der Waals surface area contributed by atoms with Crippen LogP contribution in [-0.2, 0) is 19.1 Å². The van der Waals surface area contributed by atoms with Gasteiger partial charge in [0.15, 0.2) is 0 Å². The smallest absolute Gasteiger partial charge is 0.408 e. The van der Waals surface area contributed by atoms with Crippen molar-refractivity contribution in [2.45, 2.75) is 50.1 Å². The molecule has 4 rings (SSSR count). The molecule has 0 aromatic heterocycles. The van der Waals surface area contributed by atoms with Crippen molar-refractivity contribution in [3.63, 3.8) is 0 Å². The Labute approximate surface area is 205 Å². The van der Waals surface area contributed by atoms with Gasteiger partial charge < -0.3 is 24.8 Å². The van der Waals surface area contributed by atoms with E-state index in [2.05, 4.69) is 17.4 Å². The van der Waals surface area contributed by atoms with Crippen molar-refractivity contribution in [2.75, 3.05) is 26.9 Å². The molecule has 8 nitrogen and oxygen atoms in total. The third kappa shape index (κ3) is 5.17. The first-order valence-corrected chi connectivity index (χ1v) is 12.0. The number of nitrogens with zero attached hydrogens (tertiary/aromatic N) is 1. The number of nitrogens with one attached hydrogen (secondary N) is 1. The lowest BCUT2D eigenvalue weighted by Crippen LogP contribution is -2.63. The quantitative estimate of drug-likeness (QED) is 0.596. The molecule has 1 unspecified atom stereocenters. The highest BCUT2D eigenvalue weighted by Gasteiger charge is 2.42. The van der Waals surface area contributed by atoms with Crippen LogP contribution in [0.15, 0.2) is 48.5 Å². The monoisotopic (exact) mass is 480 g/mol. The zero-order valence-electron chi connectivity index (χ0n) is 20.2. The molecule has 8 heteroatoms. The second-order valence-corrected chi connectivity index (χ2v) is 9.46. The summed E-state index contributed by atoms with van der Waals surface area (Å²) >= 11 is 0. The molecule has 0 saturated carbocycles. The van der Waals surface area contributed by atoms with Gasteiger partial charge in [0.1, 0.15) is 12.1 Å². The van der Waals surface area contributed by atoms with E-state index in [1.165, 1.54) is 7.11 Å². The average molecular weight is 481 g/mol. The molecule has 2 amide bonds. The number of carboxylic acids is 1. The molecule has 2 aliphatic rings. The highest BCUT2D eigenvalue weighted by molar-refractivity contribution is 5.90. The summed E-state index contributed by atoms with van der Waals surface area (Å²) < 4.78 is 10.9. The van der Waals surface area contributed by atoms with Gasteiger partial charge in [-0.2, -0.15) is 0 Å². The van der Waals surface area contributed by atoms with Crippen LogP contribution in [0.2, 0.25) is 0 Å². The Bertz CT molecular complexity index is 1060. The Balaban J connectivity index is 1.46. The standard InChI is InChI=1S/C27H32N2O6/c1-27(17-34-2,25(32)29-14-8-7-9-18(29)15-24(30)31)28-26(33)35-16-23-21-12-5-3-10-19(21)20-11-4-6-13-22(20)23/h3-6,10-13,18,23H,7-9,14-17H2,1-2H3,(H,28,33)(H,30,31)/t18-,27?/m0/s1. The van der Waals surface area contributed by atoms with Crippen molar-refractivity contribution in [3.05, 3.63) is 59.7 Å². The van der Waals surface area contributed by atoms with Crippen LogP contribution < -0.4 is 5.32 Å². The van der Waals surface area contributed by atoms with Gasteiger partial charge in [-0.3, -0.25) is 9.59 Å². The molecule has 2 aromatic carbocycles. The Kier molecular flexibility index (Phi) is 7.40. The molecule has 1 aliphatic carbocycles. The molecule has 1 heterocycles. The maximum Gasteiger partial charge on any atom is 0.408 e. The molecular weight excluding hydrogens is 448 g/mol. The van der Waals surface area contributed by atoms with E-state index in [4.69, 9.17) is 9.47 Å². The van der Waals surface area contributed by atoms with E-state index in [9.17, 15) is 19.5 Å². The SMILES string of the molecule is COCC(C)(NC(=O)OCC1c2ccccc2-c2ccccc21)C(=O)N1CCCC[C@H]1CC(=O)O. The van der Waals surface area contributed by atoms with Crippen LogP contribution in [0.25, 0.3) is 11.1 Å². The van der Waals surface area contributed by atoms with E-state index >= 15 is 0 Å². The Morgan fingerprint density at radius 2 is 1.69 bits per heavy atom. The predicted molar refractivity (Wildman–Crippen MR) is 130 cm³/mol. The van der Waals surface area contributed by atoms with Gasteiger partial charge in [0.05, 0.1) is 13.0 Å². The number of rotatable bonds is 8. The van der Waals surface area contributed by atoms with Gasteiger partial charge in [-0.05, 0) is 48.4 Å². The van der Waals surface area contributed by atoms with Crippen LogP contribution in [0.4, 0.5) is 4.79 Å². The van der Waals surface area contributed by atoms with E-state index in [1.807, 2.05) is 36.4 Å². The number of likely N-dealkylation sites (tertiary alicyclic amines) is 1. The molecule has 2 atom stereocenters. The summed E-state index contributed by atoms with van der Waals surface area (Å²) in [5.74, 6) is -1.41. The van der Waals surface area contributed by atoms with Crippen LogP contribution in [0.5, 0.6) is 0 Å². The summed E-state index contributed by atoms with van der Waals surface area (Å²) in [7, 11) is 1.45. The molecular formula is C27H32N2O6. The summed E-state index contributed by atoms with van der Waals surface area (Å²) in [5.41, 5.74) is 3.08. The topological polar surface area (TPSA) is 105 Å². The van der Waals surface area contributed by atoms with E-state index < -0.39 is 23.6 Å². The highest BCUT2D eigenvalue weighted by Crippen LogP contribution is 2.44. The molecule has 1 saturated heterocycles. The third-order valence-electron chi connectivity index (χ3n) is 6.92. The van der Waals surface area contributed by atoms with E-state index in [0.29, 0.717) is 13.0 Å². The van der Waals surface area contributed by atoms with E-state index in [1.54, 1.807) is 11.8 Å². The number of carboxylic acid groups (broad SMARTS) is 1. The van der Waals surface area contributed by atoms with Gasteiger partial charge in [0.25, 0.3) is 5.91 Å². The van der Waals surface area contributed by atoms with Gasteiger partial charge in [-0.15, -0.1) is 0 Å². The highest BCUT2D eigenvalue weighted by atomic mass is 16.5. The summed E-state index contributed by atoms with van der Waals surface area (Å²) in [6.07, 6.45) is 1.43. The van der Waals surface area contributed by atoms with E-state index in [0.717, 1.165) is 35.1 Å². The van der Waals surface area contributed by atoms with Crippen LogP contribution in [-0.4, -0.2) is 66.4 Å². The van der Waals surface area contributed by atoms with Gasteiger partial charge in [-0.25, -0.2) is 4.79 Å². The minimum atomic E-state index is -1.38. The maximum atomic E-state index is 13.5. The summed E-state index contributed by atoms with van der Waals surface area (Å²) in [6, 6.07) is 15.7. The van der Waals surface area contributed by atoms with Crippen molar-refractivity contribution in [1.82, 2.24) is 10.2 Å². The molecule has 0 radical (unpaired) electrons. The first-order chi connectivity index (χ1) is 16.8. The number of hydrogen-bond acceptors (Lipinski definition) is 5. The lowest BCUT2D eigenvalue weighted by molar-refractivity contribution is -0.146. The molecule has 186 valence electrons. The predicted octanol–water partition coefficient (Wildman–Crippen LogP) is 3.79. The maximum absolute atomic E-state index is 13.5. The van der Waals surface area contributed by atoms with Crippen molar-refractivity contribution in [3.8, 4) is 11.1 Å². The van der Waals surface area contributed by atoms with Crippen molar-refractivity contribution >= 4 is 18.0 Å². The molecule has 0 spiro atoms. The second kappa shape index (κ2) is 10.5. The summed E-state index contributed by atoms with van der Waals surface area (Å²) in [4.78, 5) is 39.3. The minimum absolute atomic E-state index is 0.0632. The molecule has 0 bridgehead atoms. The number of amides is 2. The second-order valence-electron chi connectivity index (χ2n) is 9.46. The number of piperidine rings is 1. The fourth-order valence-corrected chi connectivity index (χ4v) is 5.30.